The molecule has 0 radical (unpaired) electrons. The molecule has 0 aliphatic heterocycles. The molecule has 0 fully saturated rings. The van der Waals surface area contributed by atoms with Crippen molar-refractivity contribution in [1.82, 2.24) is 0 Å². The Morgan fingerprint density at radius 2 is 1.40 bits per heavy atom. The molecule has 1 unspecified atom stereocenters. The molecule has 2 aromatic carbocycles. The summed E-state index contributed by atoms with van der Waals surface area (Å²) >= 11 is 0. The highest BCUT2D eigenvalue weighted by atomic mass is 16.5. The van der Waals surface area contributed by atoms with Crippen LogP contribution in [0.3, 0.4) is 0 Å². The number of rotatable bonds is 5. The Morgan fingerprint density at radius 3 is 1.80 bits per heavy atom. The highest BCUT2D eigenvalue weighted by Crippen LogP contribution is 2.40. The molecule has 25 heavy (non-hydrogen) atoms. The Kier molecular flexibility index (Phi) is 5.33. The van der Waals surface area contributed by atoms with Gasteiger partial charge in [0.2, 0.25) is 0 Å². The van der Waals surface area contributed by atoms with Crippen molar-refractivity contribution in [3.63, 3.8) is 0 Å². The van der Waals surface area contributed by atoms with Crippen LogP contribution in [0.4, 0.5) is 0 Å². The lowest BCUT2D eigenvalue weighted by Crippen LogP contribution is -2.29. The summed E-state index contributed by atoms with van der Waals surface area (Å²) < 4.78 is 10.9. The highest BCUT2D eigenvalue weighted by Gasteiger charge is 2.27. The van der Waals surface area contributed by atoms with Crippen LogP contribution in [-0.2, 0) is 12.8 Å². The third-order valence-corrected chi connectivity index (χ3v) is 5.48. The SMILES string of the molecule is COc1ccc2c(c1)CCc1cc(OC)ccc1C2CC(N)C(C)C. The molecule has 0 bridgehead atoms. The van der Waals surface area contributed by atoms with Crippen molar-refractivity contribution in [3.8, 4) is 11.5 Å². The van der Waals surface area contributed by atoms with E-state index in [2.05, 4.69) is 50.2 Å². The van der Waals surface area contributed by atoms with Crippen LogP contribution in [0.2, 0.25) is 0 Å². The third kappa shape index (κ3) is 3.67. The Hall–Kier alpha value is -2.00. The molecular weight excluding hydrogens is 310 g/mol. The van der Waals surface area contributed by atoms with E-state index >= 15 is 0 Å². The van der Waals surface area contributed by atoms with Gasteiger partial charge in [0.25, 0.3) is 0 Å². The van der Waals surface area contributed by atoms with Crippen molar-refractivity contribution in [2.45, 2.75) is 45.1 Å². The van der Waals surface area contributed by atoms with E-state index in [0.29, 0.717) is 11.8 Å². The van der Waals surface area contributed by atoms with Crippen LogP contribution < -0.4 is 15.2 Å². The van der Waals surface area contributed by atoms with Crippen LogP contribution in [-0.4, -0.2) is 20.3 Å². The van der Waals surface area contributed by atoms with Gasteiger partial charge in [-0.3, -0.25) is 0 Å². The molecule has 0 amide bonds. The Labute approximate surface area is 151 Å². The molecule has 1 atom stereocenters. The van der Waals surface area contributed by atoms with Gasteiger partial charge in [0, 0.05) is 12.0 Å². The van der Waals surface area contributed by atoms with E-state index in [0.717, 1.165) is 30.8 Å². The number of ether oxygens (including phenoxy) is 2. The van der Waals surface area contributed by atoms with Gasteiger partial charge in [-0.05, 0) is 71.7 Å². The average Bonchev–Trinajstić information content (AvgIpc) is 2.77. The van der Waals surface area contributed by atoms with Gasteiger partial charge in [0.05, 0.1) is 14.2 Å². The molecule has 0 spiro atoms. The number of methoxy groups -OCH3 is 2. The molecule has 0 heterocycles. The lowest BCUT2D eigenvalue weighted by molar-refractivity contribution is 0.413. The van der Waals surface area contributed by atoms with Crippen molar-refractivity contribution in [2.75, 3.05) is 14.2 Å². The van der Waals surface area contributed by atoms with Crippen molar-refractivity contribution in [1.29, 1.82) is 0 Å². The summed E-state index contributed by atoms with van der Waals surface area (Å²) in [5, 5.41) is 0. The summed E-state index contributed by atoms with van der Waals surface area (Å²) in [7, 11) is 3.45. The average molecular weight is 339 g/mol. The Morgan fingerprint density at radius 1 is 0.920 bits per heavy atom. The van der Waals surface area contributed by atoms with E-state index in [1.54, 1.807) is 14.2 Å². The first-order valence-electron chi connectivity index (χ1n) is 9.12. The zero-order valence-electron chi connectivity index (χ0n) is 15.7. The zero-order chi connectivity index (χ0) is 18.0. The molecule has 0 saturated heterocycles. The summed E-state index contributed by atoms with van der Waals surface area (Å²) in [6.07, 6.45) is 2.98. The summed E-state index contributed by atoms with van der Waals surface area (Å²) in [6.45, 7) is 4.40. The Bertz CT molecular complexity index is 683. The van der Waals surface area contributed by atoms with E-state index in [1.165, 1.54) is 22.3 Å². The summed E-state index contributed by atoms with van der Waals surface area (Å²) in [5.41, 5.74) is 12.0. The predicted molar refractivity (Wildman–Crippen MR) is 103 cm³/mol. The van der Waals surface area contributed by atoms with E-state index in [-0.39, 0.29) is 6.04 Å². The minimum Gasteiger partial charge on any atom is -0.497 e. The van der Waals surface area contributed by atoms with E-state index in [4.69, 9.17) is 15.2 Å². The second-order valence-electron chi connectivity index (χ2n) is 7.33. The van der Waals surface area contributed by atoms with Crippen LogP contribution in [0.1, 0.15) is 48.4 Å². The third-order valence-electron chi connectivity index (χ3n) is 5.48. The normalized spacial score (nSPS) is 15.3. The first-order valence-corrected chi connectivity index (χ1v) is 9.12. The maximum Gasteiger partial charge on any atom is 0.119 e. The molecule has 1 aliphatic carbocycles. The lowest BCUT2D eigenvalue weighted by atomic mass is 9.81. The van der Waals surface area contributed by atoms with Gasteiger partial charge in [-0.25, -0.2) is 0 Å². The minimum absolute atomic E-state index is 0.174. The van der Waals surface area contributed by atoms with Crippen LogP contribution in [0.25, 0.3) is 0 Å². The van der Waals surface area contributed by atoms with Gasteiger partial charge in [-0.15, -0.1) is 0 Å². The number of hydrogen-bond acceptors (Lipinski definition) is 3. The molecule has 134 valence electrons. The van der Waals surface area contributed by atoms with Gasteiger partial charge >= 0.3 is 0 Å². The number of benzene rings is 2. The zero-order valence-corrected chi connectivity index (χ0v) is 15.7. The quantitative estimate of drug-likeness (QED) is 0.883. The fourth-order valence-electron chi connectivity index (χ4n) is 3.77. The molecule has 0 aromatic heterocycles. The number of nitrogens with two attached hydrogens (primary N) is 1. The second kappa shape index (κ2) is 7.49. The molecule has 3 heteroatoms. The van der Waals surface area contributed by atoms with Crippen LogP contribution >= 0.6 is 0 Å². The Balaban J connectivity index is 2.08. The highest BCUT2D eigenvalue weighted by molar-refractivity contribution is 5.49. The van der Waals surface area contributed by atoms with Gasteiger partial charge in [-0.2, -0.15) is 0 Å². The van der Waals surface area contributed by atoms with Crippen LogP contribution in [0.5, 0.6) is 11.5 Å². The van der Waals surface area contributed by atoms with E-state index < -0.39 is 0 Å². The first-order chi connectivity index (χ1) is 12.0. The maximum atomic E-state index is 6.48. The van der Waals surface area contributed by atoms with Crippen LogP contribution in [0, 0.1) is 5.92 Å². The van der Waals surface area contributed by atoms with Crippen molar-refractivity contribution < 1.29 is 9.47 Å². The summed E-state index contributed by atoms with van der Waals surface area (Å²) in [5.74, 6) is 2.64. The maximum absolute atomic E-state index is 6.48. The first kappa shape index (κ1) is 17.8. The molecule has 2 N–H and O–H groups in total. The predicted octanol–water partition coefficient (Wildman–Crippen LogP) is 4.31. The molecular formula is C22H29NO2. The van der Waals surface area contributed by atoms with Crippen LogP contribution in [0.15, 0.2) is 36.4 Å². The monoisotopic (exact) mass is 339 g/mol. The number of hydrogen-bond donors (Lipinski definition) is 1. The number of aryl methyl sites for hydroxylation is 2. The standard InChI is InChI=1S/C22H29NO2/c1-14(2)22(23)13-21-19-9-7-17(24-3)11-15(19)5-6-16-12-18(25-4)8-10-20(16)21/h7-12,14,21-22H,5-6,13,23H2,1-4H3. The molecule has 3 rings (SSSR count). The van der Waals surface area contributed by atoms with E-state index in [9.17, 15) is 0 Å². The molecule has 0 saturated carbocycles. The van der Waals surface area contributed by atoms with Gasteiger partial charge in [0.1, 0.15) is 11.5 Å². The topological polar surface area (TPSA) is 44.5 Å². The van der Waals surface area contributed by atoms with Crippen molar-refractivity contribution in [3.05, 3.63) is 58.7 Å². The van der Waals surface area contributed by atoms with Gasteiger partial charge in [-0.1, -0.05) is 26.0 Å². The van der Waals surface area contributed by atoms with Gasteiger partial charge < -0.3 is 15.2 Å². The summed E-state index contributed by atoms with van der Waals surface area (Å²) in [6, 6.07) is 13.1. The largest absolute Gasteiger partial charge is 0.497 e. The van der Waals surface area contributed by atoms with E-state index in [1.807, 2.05) is 0 Å². The number of fused-ring (bicyclic) bond motifs is 2. The fraction of sp³-hybridized carbons (Fsp3) is 0.455. The minimum atomic E-state index is 0.174. The smallest absolute Gasteiger partial charge is 0.119 e. The van der Waals surface area contributed by atoms with Crippen molar-refractivity contribution in [2.24, 2.45) is 11.7 Å². The molecule has 3 nitrogen and oxygen atoms in total. The summed E-state index contributed by atoms with van der Waals surface area (Å²) in [4.78, 5) is 0. The van der Waals surface area contributed by atoms with Crippen molar-refractivity contribution >= 4 is 0 Å². The lowest BCUT2D eigenvalue weighted by Gasteiger charge is -2.26. The fourth-order valence-corrected chi connectivity index (χ4v) is 3.77. The molecule has 1 aliphatic rings. The second-order valence-corrected chi connectivity index (χ2v) is 7.33. The molecule has 2 aromatic rings. The van der Waals surface area contributed by atoms with Gasteiger partial charge in [0.15, 0.2) is 0 Å².